The Hall–Kier alpha value is -2.59. The lowest BCUT2D eigenvalue weighted by Crippen LogP contribution is -2.29. The number of carbonyl (C=O) groups is 1. The Labute approximate surface area is 158 Å². The molecule has 27 heavy (non-hydrogen) atoms. The molecule has 1 saturated heterocycles. The number of amides is 1. The smallest absolute Gasteiger partial charge is 0.256 e. The summed E-state index contributed by atoms with van der Waals surface area (Å²) in [5, 5.41) is 21.3. The number of hydrogen-bond acceptors (Lipinski definition) is 7. The van der Waals surface area contributed by atoms with Gasteiger partial charge in [0, 0.05) is 5.56 Å². The quantitative estimate of drug-likeness (QED) is 0.567. The zero-order valence-corrected chi connectivity index (χ0v) is 14.7. The predicted molar refractivity (Wildman–Crippen MR) is 96.4 cm³/mol. The summed E-state index contributed by atoms with van der Waals surface area (Å²) in [4.78, 5) is 24.9. The second-order valence-electron chi connectivity index (χ2n) is 6.05. The number of ether oxygens (including phenoxy) is 1. The van der Waals surface area contributed by atoms with Gasteiger partial charge in [0.05, 0.1) is 12.9 Å². The summed E-state index contributed by atoms with van der Waals surface area (Å²) in [5.74, 6) is -0.0794. The molecule has 1 aliphatic rings. The molecule has 0 aliphatic carbocycles. The molecule has 3 N–H and O–H groups in total. The van der Waals surface area contributed by atoms with Crippen LogP contribution in [0.3, 0.4) is 0 Å². The molecule has 3 aromatic rings. The van der Waals surface area contributed by atoms with E-state index in [1.165, 1.54) is 12.7 Å². The molecule has 140 valence electrons. The Balaban J connectivity index is 1.65. The van der Waals surface area contributed by atoms with Crippen molar-refractivity contribution in [3.05, 3.63) is 48.5 Å². The van der Waals surface area contributed by atoms with Gasteiger partial charge >= 0.3 is 0 Å². The van der Waals surface area contributed by atoms with Crippen LogP contribution in [-0.4, -0.2) is 59.8 Å². The highest BCUT2D eigenvalue weighted by Gasteiger charge is 2.44. The fourth-order valence-electron chi connectivity index (χ4n) is 2.98. The van der Waals surface area contributed by atoms with E-state index in [2.05, 4.69) is 20.3 Å². The maximum atomic E-state index is 12.4. The molecule has 0 spiro atoms. The number of benzene rings is 1. The number of nitrogens with zero attached hydrogens (tertiary/aromatic N) is 4. The summed E-state index contributed by atoms with van der Waals surface area (Å²) in [6, 6.07) is 8.72. The van der Waals surface area contributed by atoms with Crippen LogP contribution in [0.15, 0.2) is 43.0 Å². The number of alkyl halides is 1. The van der Waals surface area contributed by atoms with Crippen molar-refractivity contribution in [1.82, 2.24) is 19.5 Å². The highest BCUT2D eigenvalue weighted by Crippen LogP contribution is 2.35. The van der Waals surface area contributed by atoms with Crippen molar-refractivity contribution >= 4 is 34.5 Å². The lowest BCUT2D eigenvalue weighted by atomic mass is 10.2. The van der Waals surface area contributed by atoms with E-state index in [9.17, 15) is 15.0 Å². The molecule has 1 aliphatic heterocycles. The summed E-state index contributed by atoms with van der Waals surface area (Å²) < 4.78 is 7.17. The topological polar surface area (TPSA) is 122 Å². The van der Waals surface area contributed by atoms with E-state index in [1.54, 1.807) is 28.8 Å². The highest BCUT2D eigenvalue weighted by atomic mass is 35.5. The third-order valence-corrected chi connectivity index (χ3v) is 4.85. The van der Waals surface area contributed by atoms with Crippen LogP contribution in [0, 0.1) is 0 Å². The van der Waals surface area contributed by atoms with Gasteiger partial charge in [-0.05, 0) is 12.1 Å². The zero-order chi connectivity index (χ0) is 19.0. The monoisotopic (exact) mass is 389 g/mol. The molecule has 1 fully saturated rings. The number of hydrogen-bond donors (Lipinski definition) is 3. The third kappa shape index (κ3) is 3.15. The van der Waals surface area contributed by atoms with Gasteiger partial charge in [-0.25, -0.2) is 15.0 Å². The van der Waals surface area contributed by atoms with Crippen LogP contribution in [0.25, 0.3) is 11.2 Å². The summed E-state index contributed by atoms with van der Waals surface area (Å²) in [5.41, 5.74) is 1.23. The van der Waals surface area contributed by atoms with Crippen molar-refractivity contribution in [3.8, 4) is 0 Å². The zero-order valence-electron chi connectivity index (χ0n) is 13.9. The Morgan fingerprint density at radius 2 is 2.04 bits per heavy atom. The second kappa shape index (κ2) is 7.20. The molecular weight excluding hydrogens is 374 g/mol. The number of imidazole rings is 1. The number of halogens is 1. The molecule has 2 aromatic heterocycles. The van der Waals surface area contributed by atoms with Crippen molar-refractivity contribution in [2.24, 2.45) is 0 Å². The minimum absolute atomic E-state index is 0.246. The highest BCUT2D eigenvalue weighted by molar-refractivity contribution is 6.21. The minimum atomic E-state index is -1.03. The van der Waals surface area contributed by atoms with E-state index in [1.807, 2.05) is 6.07 Å². The van der Waals surface area contributed by atoms with E-state index in [-0.39, 0.29) is 18.3 Å². The van der Waals surface area contributed by atoms with Crippen LogP contribution in [-0.2, 0) is 4.74 Å². The summed E-state index contributed by atoms with van der Waals surface area (Å²) in [6.07, 6.45) is 0.146. The third-order valence-electron chi connectivity index (χ3n) is 4.37. The van der Waals surface area contributed by atoms with Gasteiger partial charge in [-0.15, -0.1) is 11.6 Å². The van der Waals surface area contributed by atoms with Crippen molar-refractivity contribution in [2.75, 3.05) is 11.9 Å². The number of rotatable bonds is 4. The minimum Gasteiger partial charge on any atom is -0.394 e. The van der Waals surface area contributed by atoms with Crippen LogP contribution in [0.4, 0.5) is 5.82 Å². The lowest BCUT2D eigenvalue weighted by Gasteiger charge is -2.16. The summed E-state index contributed by atoms with van der Waals surface area (Å²) in [6.45, 7) is -0.360. The number of aliphatic hydroxyl groups excluding tert-OH is 2. The van der Waals surface area contributed by atoms with Gasteiger partial charge < -0.3 is 20.3 Å². The van der Waals surface area contributed by atoms with Gasteiger partial charge in [-0.3, -0.25) is 9.36 Å². The number of fused-ring (bicyclic) bond motifs is 1. The molecule has 4 rings (SSSR count). The Morgan fingerprint density at radius 3 is 2.74 bits per heavy atom. The van der Waals surface area contributed by atoms with Crippen LogP contribution in [0.1, 0.15) is 16.6 Å². The molecule has 0 radical (unpaired) electrons. The van der Waals surface area contributed by atoms with Gasteiger partial charge in [-0.2, -0.15) is 0 Å². The van der Waals surface area contributed by atoms with Crippen molar-refractivity contribution < 1.29 is 19.7 Å². The summed E-state index contributed by atoms with van der Waals surface area (Å²) in [7, 11) is 0. The lowest BCUT2D eigenvalue weighted by molar-refractivity contribution is -0.0431. The van der Waals surface area contributed by atoms with E-state index >= 15 is 0 Å². The van der Waals surface area contributed by atoms with Gasteiger partial charge in [0.2, 0.25) is 0 Å². The molecule has 9 nitrogen and oxygen atoms in total. The number of carbonyl (C=O) groups excluding carboxylic acids is 1. The van der Waals surface area contributed by atoms with Crippen LogP contribution in [0.2, 0.25) is 0 Å². The number of aliphatic hydroxyl groups is 2. The van der Waals surface area contributed by atoms with Gasteiger partial charge in [0.1, 0.15) is 23.9 Å². The Bertz CT molecular complexity index is 966. The maximum absolute atomic E-state index is 12.4. The predicted octanol–water partition coefficient (Wildman–Crippen LogP) is 0.937. The first-order valence-corrected chi connectivity index (χ1v) is 8.66. The van der Waals surface area contributed by atoms with Crippen molar-refractivity contribution in [3.63, 3.8) is 0 Å². The van der Waals surface area contributed by atoms with Gasteiger partial charge in [-0.1, -0.05) is 18.2 Å². The first-order chi connectivity index (χ1) is 13.1. The maximum Gasteiger partial charge on any atom is 0.256 e. The molecular formula is C17H16ClN5O4. The largest absolute Gasteiger partial charge is 0.394 e. The van der Waals surface area contributed by atoms with Gasteiger partial charge in [0.15, 0.2) is 23.2 Å². The van der Waals surface area contributed by atoms with E-state index < -0.39 is 23.8 Å². The molecule has 0 unspecified atom stereocenters. The van der Waals surface area contributed by atoms with Crippen LogP contribution >= 0.6 is 11.6 Å². The fourth-order valence-corrected chi connectivity index (χ4v) is 3.32. The first kappa shape index (κ1) is 17.8. The number of aromatic nitrogens is 4. The molecule has 4 atom stereocenters. The van der Waals surface area contributed by atoms with Crippen LogP contribution in [0.5, 0.6) is 0 Å². The number of nitrogens with one attached hydrogen (secondary N) is 1. The average molecular weight is 390 g/mol. The molecule has 3 heterocycles. The second-order valence-corrected chi connectivity index (χ2v) is 6.55. The van der Waals surface area contributed by atoms with E-state index in [0.717, 1.165) is 0 Å². The van der Waals surface area contributed by atoms with Crippen molar-refractivity contribution in [1.29, 1.82) is 0 Å². The summed E-state index contributed by atoms with van der Waals surface area (Å²) >= 11 is 6.25. The number of anilines is 1. The average Bonchev–Trinajstić information content (AvgIpc) is 3.25. The SMILES string of the molecule is O=C(Nc1ncnc2c1ncn2[C@@H]1O[C@H](CO)[C@@H](O)[C@H]1Cl)c1ccccc1. The molecule has 1 amide bonds. The van der Waals surface area contributed by atoms with E-state index in [0.29, 0.717) is 16.7 Å². The Morgan fingerprint density at radius 1 is 1.26 bits per heavy atom. The molecule has 0 bridgehead atoms. The Kier molecular flexibility index (Phi) is 4.75. The fraction of sp³-hybridized carbons (Fsp3) is 0.294. The molecule has 0 saturated carbocycles. The molecule has 1 aromatic carbocycles. The standard InChI is InChI=1S/C17H16ClN5O4/c18-11-13(25)10(6-24)27-17(11)23-8-21-12-14(19-7-20-15(12)23)22-16(26)9-4-2-1-3-5-9/h1-5,7-8,10-11,13,17,24-25H,6H2,(H,19,20,22,26)/t10-,11-,13-,17-/m1/s1. The first-order valence-electron chi connectivity index (χ1n) is 8.22. The van der Waals surface area contributed by atoms with Crippen LogP contribution < -0.4 is 5.32 Å². The van der Waals surface area contributed by atoms with E-state index in [4.69, 9.17) is 16.3 Å². The molecule has 10 heteroatoms. The van der Waals surface area contributed by atoms with Crippen molar-refractivity contribution in [2.45, 2.75) is 23.8 Å². The van der Waals surface area contributed by atoms with Gasteiger partial charge in [0.25, 0.3) is 5.91 Å². The normalized spacial score (nSPS) is 25.0.